The third-order valence-electron chi connectivity index (χ3n) is 4.98. The van der Waals surface area contributed by atoms with Crippen molar-refractivity contribution in [3.8, 4) is 0 Å². The Hall–Kier alpha value is -1.44. The van der Waals surface area contributed by atoms with E-state index < -0.39 is 21.5 Å². The molecule has 1 aliphatic carbocycles. The molecule has 0 heterocycles. The molecule has 0 bridgehead atoms. The van der Waals surface area contributed by atoms with E-state index >= 15 is 0 Å². The molecule has 140 valence electrons. The van der Waals surface area contributed by atoms with Gasteiger partial charge in [-0.1, -0.05) is 38.5 Å². The fourth-order valence-electron chi connectivity index (χ4n) is 3.07. The minimum absolute atomic E-state index is 0.0949. The normalized spacial score (nSPS) is 23.9. The summed E-state index contributed by atoms with van der Waals surface area (Å²) in [7, 11) is -3.80. The van der Waals surface area contributed by atoms with Gasteiger partial charge in [-0.3, -0.25) is 8.98 Å². The highest BCUT2D eigenvalue weighted by Crippen LogP contribution is 2.54. The summed E-state index contributed by atoms with van der Waals surface area (Å²) in [5, 5.41) is 9.50. The van der Waals surface area contributed by atoms with Gasteiger partial charge in [0.25, 0.3) is 10.1 Å². The average molecular weight is 370 g/mol. The molecule has 7 heteroatoms. The zero-order chi connectivity index (χ0) is 18.9. The van der Waals surface area contributed by atoms with Crippen LogP contribution >= 0.6 is 0 Å². The first-order valence-electron chi connectivity index (χ1n) is 8.29. The fourth-order valence-corrected chi connectivity index (χ4v) is 3.97. The van der Waals surface area contributed by atoms with Crippen LogP contribution in [0.1, 0.15) is 39.2 Å². The second-order valence-corrected chi connectivity index (χ2v) is 9.24. The van der Waals surface area contributed by atoms with Crippen molar-refractivity contribution in [3.63, 3.8) is 0 Å². The van der Waals surface area contributed by atoms with Gasteiger partial charge in [0.15, 0.2) is 0 Å². The minimum Gasteiger partial charge on any atom is -0.481 e. The summed E-state index contributed by atoms with van der Waals surface area (Å²) >= 11 is 0. The average Bonchev–Trinajstić information content (AvgIpc) is 2.43. The summed E-state index contributed by atoms with van der Waals surface area (Å²) < 4.78 is 34.6. The van der Waals surface area contributed by atoms with Crippen LogP contribution < -0.4 is 0 Å². The number of hydrogen-bond donors (Lipinski definition) is 1. The van der Waals surface area contributed by atoms with Crippen molar-refractivity contribution in [1.29, 1.82) is 0 Å². The largest absolute Gasteiger partial charge is 0.481 e. The van der Waals surface area contributed by atoms with Crippen molar-refractivity contribution in [2.24, 2.45) is 10.8 Å². The maximum Gasteiger partial charge on any atom is 0.310 e. The first-order valence-corrected chi connectivity index (χ1v) is 9.70. The Kier molecular flexibility index (Phi) is 5.61. The lowest BCUT2D eigenvalue weighted by Crippen LogP contribution is -2.55. The van der Waals surface area contributed by atoms with Gasteiger partial charge < -0.3 is 9.84 Å². The van der Waals surface area contributed by atoms with Gasteiger partial charge >= 0.3 is 5.97 Å². The van der Waals surface area contributed by atoms with Crippen LogP contribution in [-0.4, -0.2) is 38.8 Å². The number of carboxylic acids is 1. The standard InChI is InChI=1S/C18H26O6S/c1-13-5-7-15(8-6-13)25(21,22)24-10-9-23-14-11-18(12-14,16(19)20)17(2,3)4/h5-8,14H,9-12H2,1-4H3,(H,19,20). The van der Waals surface area contributed by atoms with Crippen LogP contribution in [0.2, 0.25) is 0 Å². The van der Waals surface area contributed by atoms with E-state index in [1.54, 1.807) is 12.1 Å². The Morgan fingerprint density at radius 3 is 2.24 bits per heavy atom. The number of hydrogen-bond acceptors (Lipinski definition) is 5. The van der Waals surface area contributed by atoms with Gasteiger partial charge in [0.2, 0.25) is 0 Å². The van der Waals surface area contributed by atoms with Crippen molar-refractivity contribution < 1.29 is 27.2 Å². The van der Waals surface area contributed by atoms with Gasteiger partial charge in [0.1, 0.15) is 0 Å². The van der Waals surface area contributed by atoms with Gasteiger partial charge in [0, 0.05) is 0 Å². The van der Waals surface area contributed by atoms with Crippen molar-refractivity contribution in [2.45, 2.75) is 51.5 Å². The number of aliphatic carboxylic acids is 1. The van der Waals surface area contributed by atoms with E-state index in [-0.39, 0.29) is 29.6 Å². The highest BCUT2D eigenvalue weighted by molar-refractivity contribution is 7.86. The maximum atomic E-state index is 12.0. The molecule has 1 aromatic carbocycles. The van der Waals surface area contributed by atoms with E-state index in [0.717, 1.165) is 5.56 Å². The Bertz CT molecular complexity index is 709. The number of carboxylic acid groups (broad SMARTS) is 1. The zero-order valence-corrected chi connectivity index (χ0v) is 15.9. The molecule has 25 heavy (non-hydrogen) atoms. The van der Waals surface area contributed by atoms with E-state index in [4.69, 9.17) is 8.92 Å². The molecule has 1 fully saturated rings. The van der Waals surface area contributed by atoms with E-state index in [1.807, 2.05) is 27.7 Å². The van der Waals surface area contributed by atoms with Crippen molar-refractivity contribution in [2.75, 3.05) is 13.2 Å². The lowest BCUT2D eigenvalue weighted by atomic mass is 9.54. The third-order valence-corrected chi connectivity index (χ3v) is 6.31. The van der Waals surface area contributed by atoms with Crippen LogP contribution in [0, 0.1) is 17.8 Å². The van der Waals surface area contributed by atoms with Crippen LogP contribution in [0.3, 0.4) is 0 Å². The van der Waals surface area contributed by atoms with Crippen molar-refractivity contribution >= 4 is 16.1 Å². The van der Waals surface area contributed by atoms with Crippen LogP contribution in [-0.2, 0) is 23.8 Å². The summed E-state index contributed by atoms with van der Waals surface area (Å²) in [6, 6.07) is 6.42. The van der Waals surface area contributed by atoms with E-state index in [0.29, 0.717) is 12.8 Å². The predicted octanol–water partition coefficient (Wildman–Crippen LogP) is 3.00. The summed E-state index contributed by atoms with van der Waals surface area (Å²) in [6.45, 7) is 7.62. The molecule has 0 saturated heterocycles. The van der Waals surface area contributed by atoms with E-state index in [9.17, 15) is 18.3 Å². The van der Waals surface area contributed by atoms with Crippen molar-refractivity contribution in [1.82, 2.24) is 0 Å². The fraction of sp³-hybridized carbons (Fsp3) is 0.611. The molecule has 0 unspecified atom stereocenters. The van der Waals surface area contributed by atoms with Gasteiger partial charge in [-0.05, 0) is 37.3 Å². The first-order chi connectivity index (χ1) is 11.5. The molecule has 0 radical (unpaired) electrons. The number of aryl methyl sites for hydroxylation is 1. The second kappa shape index (κ2) is 7.05. The molecule has 1 aliphatic rings. The van der Waals surface area contributed by atoms with E-state index in [1.165, 1.54) is 12.1 Å². The molecule has 2 rings (SSSR count). The van der Waals surface area contributed by atoms with E-state index in [2.05, 4.69) is 0 Å². The first kappa shape index (κ1) is 19.9. The van der Waals surface area contributed by atoms with Gasteiger partial charge in [-0.15, -0.1) is 0 Å². The lowest BCUT2D eigenvalue weighted by Gasteiger charge is -2.52. The Morgan fingerprint density at radius 2 is 1.76 bits per heavy atom. The molecule has 0 aromatic heterocycles. The number of benzene rings is 1. The number of rotatable bonds is 7. The monoisotopic (exact) mass is 370 g/mol. The number of ether oxygens (including phenoxy) is 1. The predicted molar refractivity (Wildman–Crippen MR) is 92.8 cm³/mol. The maximum absolute atomic E-state index is 12.0. The quantitative estimate of drug-likeness (QED) is 0.586. The molecule has 1 aromatic rings. The molecule has 0 spiro atoms. The molecule has 0 amide bonds. The Labute approximate surface area is 149 Å². The smallest absolute Gasteiger partial charge is 0.310 e. The minimum atomic E-state index is -3.80. The van der Waals surface area contributed by atoms with Crippen LogP contribution in [0.15, 0.2) is 29.2 Å². The zero-order valence-electron chi connectivity index (χ0n) is 15.1. The second-order valence-electron chi connectivity index (χ2n) is 7.63. The van der Waals surface area contributed by atoms with Crippen molar-refractivity contribution in [3.05, 3.63) is 29.8 Å². The molecular formula is C18H26O6S. The summed E-state index contributed by atoms with van der Waals surface area (Å²) in [5.41, 5.74) is -0.177. The molecule has 1 N–H and O–H groups in total. The van der Waals surface area contributed by atoms with Crippen LogP contribution in [0.5, 0.6) is 0 Å². The lowest BCUT2D eigenvalue weighted by molar-refractivity contribution is -0.185. The Balaban J connectivity index is 1.79. The molecule has 0 atom stereocenters. The van der Waals surface area contributed by atoms with Gasteiger partial charge in [-0.25, -0.2) is 0 Å². The summed E-state index contributed by atoms with van der Waals surface area (Å²) in [5.74, 6) is -0.807. The van der Waals surface area contributed by atoms with Gasteiger partial charge in [-0.2, -0.15) is 8.42 Å². The number of carbonyl (C=O) groups is 1. The van der Waals surface area contributed by atoms with Gasteiger partial charge in [0.05, 0.1) is 29.6 Å². The molecule has 0 aliphatic heterocycles. The third kappa shape index (κ3) is 4.22. The van der Waals surface area contributed by atoms with Crippen LogP contribution in [0.4, 0.5) is 0 Å². The highest BCUT2D eigenvalue weighted by atomic mass is 32.2. The van der Waals surface area contributed by atoms with Crippen LogP contribution in [0.25, 0.3) is 0 Å². The molecular weight excluding hydrogens is 344 g/mol. The highest BCUT2D eigenvalue weighted by Gasteiger charge is 2.58. The topological polar surface area (TPSA) is 89.9 Å². The summed E-state index contributed by atoms with van der Waals surface area (Å²) in [4.78, 5) is 11.7. The summed E-state index contributed by atoms with van der Waals surface area (Å²) in [6.07, 6.45) is 0.675. The SMILES string of the molecule is Cc1ccc(S(=O)(=O)OCCOC2CC(C(=O)O)(C(C)(C)C)C2)cc1. The molecule has 1 saturated carbocycles. The molecule has 6 nitrogen and oxygen atoms in total. The Morgan fingerprint density at radius 1 is 1.20 bits per heavy atom.